The highest BCUT2D eigenvalue weighted by Crippen LogP contribution is 2.22. The van der Waals surface area contributed by atoms with Crippen molar-refractivity contribution >= 4 is 17.1 Å². The number of Topliss-reactive ketones (excluding diaryl/α,β-unsaturated/α-hetero) is 1. The zero-order valence-corrected chi connectivity index (χ0v) is 8.18. The molecule has 3 heteroatoms. The van der Waals surface area contributed by atoms with Crippen molar-refractivity contribution in [1.29, 1.82) is 0 Å². The lowest BCUT2D eigenvalue weighted by molar-refractivity contribution is -0.116. The Morgan fingerprint density at radius 1 is 1.20 bits per heavy atom. The van der Waals surface area contributed by atoms with E-state index in [-0.39, 0.29) is 11.5 Å². The fourth-order valence-electron chi connectivity index (χ4n) is 1.65. The number of benzene rings is 1. The molecule has 15 heavy (non-hydrogen) atoms. The molecular formula is C12H10N2O. The number of hydrogen-bond acceptors (Lipinski definition) is 1. The average molecular weight is 198 g/mol. The maximum Gasteiger partial charge on any atom is 0.339 e. The number of hydrogen-bond donors (Lipinski definition) is 0. The van der Waals surface area contributed by atoms with E-state index in [9.17, 15) is 4.79 Å². The van der Waals surface area contributed by atoms with Crippen LogP contribution < -0.4 is 0 Å². The average Bonchev–Trinajstić information content (AvgIpc) is 2.31. The Hall–Kier alpha value is -1.99. The highest BCUT2D eigenvalue weighted by molar-refractivity contribution is 6.40. The molecule has 74 valence electrons. The molecule has 0 saturated heterocycles. The minimum absolute atomic E-state index is 0.0998. The van der Waals surface area contributed by atoms with Crippen LogP contribution in [0.4, 0.5) is 0 Å². The molecular weight excluding hydrogens is 188 g/mol. The third kappa shape index (κ3) is 1.92. The third-order valence-corrected chi connectivity index (χ3v) is 2.48. The fraction of sp³-hybridized carbons (Fsp3) is 0.167. The predicted octanol–water partition coefficient (Wildman–Crippen LogP) is 2.10. The van der Waals surface area contributed by atoms with Gasteiger partial charge in [0.2, 0.25) is 5.78 Å². The van der Waals surface area contributed by atoms with Gasteiger partial charge in [0.1, 0.15) is 0 Å². The second-order valence-electron chi connectivity index (χ2n) is 3.45. The highest BCUT2D eigenvalue weighted by Gasteiger charge is 2.25. The van der Waals surface area contributed by atoms with Crippen molar-refractivity contribution in [2.75, 3.05) is 0 Å². The fourth-order valence-corrected chi connectivity index (χ4v) is 1.65. The quantitative estimate of drug-likeness (QED) is 0.503. The number of rotatable bonds is 1. The zero-order valence-electron chi connectivity index (χ0n) is 8.18. The van der Waals surface area contributed by atoms with Crippen LogP contribution in [-0.4, -0.2) is 16.3 Å². The Balaban J connectivity index is 2.34. The summed E-state index contributed by atoms with van der Waals surface area (Å²) in [6, 6.07) is 9.80. The maximum absolute atomic E-state index is 11.3. The second-order valence-corrected chi connectivity index (χ2v) is 3.45. The second kappa shape index (κ2) is 4.03. The van der Waals surface area contributed by atoms with Gasteiger partial charge in [0, 0.05) is 6.42 Å². The van der Waals surface area contributed by atoms with Gasteiger partial charge in [0.15, 0.2) is 0 Å². The molecule has 1 aromatic carbocycles. The molecule has 1 aliphatic carbocycles. The Morgan fingerprint density at radius 3 is 2.60 bits per heavy atom. The van der Waals surface area contributed by atoms with Gasteiger partial charge in [-0.3, -0.25) is 4.79 Å². The molecule has 0 fully saturated rings. The molecule has 2 rings (SSSR count). The normalized spacial score (nSPS) is 15.9. The van der Waals surface area contributed by atoms with Crippen LogP contribution >= 0.6 is 0 Å². The molecule has 0 heterocycles. The first kappa shape index (κ1) is 9.56. The zero-order chi connectivity index (χ0) is 10.7. The first-order chi connectivity index (χ1) is 7.31. The van der Waals surface area contributed by atoms with E-state index in [0.717, 1.165) is 11.1 Å². The summed E-state index contributed by atoms with van der Waals surface area (Å²) in [5.74, 6) is -0.0998. The predicted molar refractivity (Wildman–Crippen MR) is 57.3 cm³/mol. The van der Waals surface area contributed by atoms with Crippen LogP contribution in [0.15, 0.2) is 36.4 Å². The Kier molecular flexibility index (Phi) is 2.57. The molecule has 0 amide bonds. The van der Waals surface area contributed by atoms with Gasteiger partial charge in [-0.25, -0.2) is 0 Å². The minimum Gasteiger partial charge on any atom is -0.361 e. The number of carbonyl (C=O) groups is 1. The smallest absolute Gasteiger partial charge is 0.339 e. The van der Waals surface area contributed by atoms with Gasteiger partial charge in [-0.1, -0.05) is 36.4 Å². The van der Waals surface area contributed by atoms with Crippen molar-refractivity contribution in [3.05, 3.63) is 47.5 Å². The summed E-state index contributed by atoms with van der Waals surface area (Å²) >= 11 is 0. The third-order valence-electron chi connectivity index (χ3n) is 2.48. The van der Waals surface area contributed by atoms with Gasteiger partial charge >= 0.3 is 5.71 Å². The van der Waals surface area contributed by atoms with Crippen molar-refractivity contribution < 1.29 is 9.58 Å². The summed E-state index contributed by atoms with van der Waals surface area (Å²) in [5.41, 5.74) is 11.0. The Bertz CT molecular complexity index is 468. The SMILES string of the molecule is [N-]=[N+]=C1CC(c2ccccc2)=CCC1=O. The van der Waals surface area contributed by atoms with Crippen LogP contribution in [0.1, 0.15) is 18.4 Å². The van der Waals surface area contributed by atoms with Crippen molar-refractivity contribution in [2.45, 2.75) is 12.8 Å². The largest absolute Gasteiger partial charge is 0.361 e. The minimum atomic E-state index is -0.0998. The summed E-state index contributed by atoms with van der Waals surface area (Å²) in [5, 5.41) is 0. The van der Waals surface area contributed by atoms with Crippen LogP contribution in [0.5, 0.6) is 0 Å². The van der Waals surface area contributed by atoms with E-state index < -0.39 is 0 Å². The van der Waals surface area contributed by atoms with Gasteiger partial charge < -0.3 is 5.53 Å². The standard InChI is InChI=1S/C12H10N2O/c13-14-11-8-10(6-7-12(11)15)9-4-2-1-3-5-9/h1-6H,7-8H2. The van der Waals surface area contributed by atoms with Crippen LogP contribution in [-0.2, 0) is 4.79 Å². The summed E-state index contributed by atoms with van der Waals surface area (Å²) in [6.07, 6.45) is 2.63. The molecule has 0 saturated carbocycles. The Morgan fingerprint density at radius 2 is 1.93 bits per heavy atom. The van der Waals surface area contributed by atoms with Gasteiger partial charge in [-0.15, -0.1) is 0 Å². The molecule has 0 spiro atoms. The van der Waals surface area contributed by atoms with E-state index in [4.69, 9.17) is 5.53 Å². The van der Waals surface area contributed by atoms with E-state index >= 15 is 0 Å². The lowest BCUT2D eigenvalue weighted by Gasteiger charge is -2.08. The summed E-state index contributed by atoms with van der Waals surface area (Å²) in [4.78, 5) is 14.3. The summed E-state index contributed by atoms with van der Waals surface area (Å²) in [7, 11) is 0. The molecule has 0 aliphatic heterocycles. The monoisotopic (exact) mass is 198 g/mol. The van der Waals surface area contributed by atoms with E-state index in [0.29, 0.717) is 12.8 Å². The van der Waals surface area contributed by atoms with Crippen LogP contribution in [0.2, 0.25) is 0 Å². The number of nitrogens with zero attached hydrogens (tertiary/aromatic N) is 2. The van der Waals surface area contributed by atoms with Gasteiger partial charge in [-0.05, 0) is 11.1 Å². The first-order valence-electron chi connectivity index (χ1n) is 4.80. The molecule has 0 N–H and O–H groups in total. The molecule has 0 radical (unpaired) electrons. The van der Waals surface area contributed by atoms with Crippen LogP contribution in [0.25, 0.3) is 11.1 Å². The molecule has 1 aromatic rings. The highest BCUT2D eigenvalue weighted by atomic mass is 16.1. The molecule has 3 nitrogen and oxygen atoms in total. The number of carbonyl (C=O) groups excluding carboxylic acids is 1. The van der Waals surface area contributed by atoms with Crippen LogP contribution in [0, 0.1) is 0 Å². The lowest BCUT2D eigenvalue weighted by atomic mass is 9.92. The molecule has 1 aliphatic rings. The van der Waals surface area contributed by atoms with Crippen molar-refractivity contribution in [3.8, 4) is 0 Å². The molecule has 0 bridgehead atoms. The van der Waals surface area contributed by atoms with Crippen molar-refractivity contribution in [1.82, 2.24) is 0 Å². The Labute approximate surface area is 87.7 Å². The van der Waals surface area contributed by atoms with E-state index in [1.54, 1.807) is 0 Å². The topological polar surface area (TPSA) is 53.5 Å². The van der Waals surface area contributed by atoms with Crippen molar-refractivity contribution in [3.63, 3.8) is 0 Å². The molecule has 0 aromatic heterocycles. The van der Waals surface area contributed by atoms with Crippen LogP contribution in [0.3, 0.4) is 0 Å². The van der Waals surface area contributed by atoms with Gasteiger partial charge in [0.25, 0.3) is 0 Å². The molecule has 0 atom stereocenters. The number of allylic oxidation sites excluding steroid dienone is 2. The van der Waals surface area contributed by atoms with E-state index in [1.165, 1.54) is 0 Å². The maximum atomic E-state index is 11.3. The summed E-state index contributed by atoms with van der Waals surface area (Å²) in [6.45, 7) is 0. The van der Waals surface area contributed by atoms with Crippen molar-refractivity contribution in [2.24, 2.45) is 0 Å². The molecule has 0 unspecified atom stereocenters. The van der Waals surface area contributed by atoms with Gasteiger partial charge in [0.05, 0.1) is 6.42 Å². The van der Waals surface area contributed by atoms with E-state index in [2.05, 4.69) is 4.79 Å². The lowest BCUT2D eigenvalue weighted by Crippen LogP contribution is -2.18. The first-order valence-corrected chi connectivity index (χ1v) is 4.80. The van der Waals surface area contributed by atoms with Gasteiger partial charge in [-0.2, -0.15) is 4.79 Å². The number of ketones is 1. The van der Waals surface area contributed by atoms with E-state index in [1.807, 2.05) is 36.4 Å². The summed E-state index contributed by atoms with van der Waals surface area (Å²) < 4.78 is 0.